The highest BCUT2D eigenvalue weighted by molar-refractivity contribution is 5.35. The zero-order valence-electron chi connectivity index (χ0n) is 12.7. The van der Waals surface area contributed by atoms with Crippen molar-refractivity contribution in [1.82, 2.24) is 5.32 Å². The van der Waals surface area contributed by atoms with Crippen molar-refractivity contribution in [3.05, 3.63) is 34.9 Å². The fraction of sp³-hybridized carbons (Fsp3) is 0.647. The van der Waals surface area contributed by atoms with E-state index in [0.717, 1.165) is 19.4 Å². The molecule has 0 aromatic heterocycles. The molecule has 0 saturated heterocycles. The molecule has 0 spiro atoms. The topological polar surface area (TPSA) is 12.0 Å². The minimum absolute atomic E-state index is 0.492. The van der Waals surface area contributed by atoms with E-state index in [4.69, 9.17) is 0 Å². The summed E-state index contributed by atoms with van der Waals surface area (Å²) in [5.74, 6) is 0.633. The van der Waals surface area contributed by atoms with Crippen molar-refractivity contribution >= 4 is 0 Å². The zero-order chi connectivity index (χ0) is 13.5. The van der Waals surface area contributed by atoms with Crippen molar-refractivity contribution in [1.29, 1.82) is 0 Å². The third-order valence-corrected chi connectivity index (χ3v) is 3.62. The van der Waals surface area contributed by atoms with Crippen LogP contribution in [0.2, 0.25) is 0 Å². The highest BCUT2D eigenvalue weighted by Gasteiger charge is 2.17. The van der Waals surface area contributed by atoms with E-state index in [1.165, 1.54) is 23.1 Å². The lowest BCUT2D eigenvalue weighted by molar-refractivity contribution is 0.410. The predicted molar refractivity (Wildman–Crippen MR) is 81.1 cm³/mol. The van der Waals surface area contributed by atoms with E-state index in [9.17, 15) is 0 Å². The molecule has 102 valence electrons. The van der Waals surface area contributed by atoms with Gasteiger partial charge in [-0.3, -0.25) is 0 Å². The second kappa shape index (κ2) is 7.58. The maximum atomic E-state index is 3.71. The van der Waals surface area contributed by atoms with Crippen LogP contribution in [0.15, 0.2) is 18.2 Å². The van der Waals surface area contributed by atoms with E-state index in [2.05, 4.69) is 58.1 Å². The Morgan fingerprint density at radius 2 is 1.78 bits per heavy atom. The van der Waals surface area contributed by atoms with E-state index in [-0.39, 0.29) is 0 Å². The first-order chi connectivity index (χ1) is 8.63. The fourth-order valence-corrected chi connectivity index (χ4v) is 2.48. The average Bonchev–Trinajstić information content (AvgIpc) is 2.38. The molecule has 0 aliphatic rings. The van der Waals surface area contributed by atoms with E-state index >= 15 is 0 Å². The zero-order valence-corrected chi connectivity index (χ0v) is 12.7. The van der Waals surface area contributed by atoms with E-state index in [1.807, 2.05) is 0 Å². The number of hydrogen-bond donors (Lipinski definition) is 1. The molecular formula is C17H29N. The Morgan fingerprint density at radius 1 is 1.06 bits per heavy atom. The molecule has 18 heavy (non-hydrogen) atoms. The standard InChI is InChI=1S/C17H29N/c1-6-11-18-17(13(4)5)16-12-14(7-2)9-10-15(16)8-3/h9-10,12-13,17-18H,6-8,11H2,1-5H3. The van der Waals surface area contributed by atoms with Gasteiger partial charge < -0.3 is 5.32 Å². The largest absolute Gasteiger partial charge is 0.310 e. The van der Waals surface area contributed by atoms with Crippen molar-refractivity contribution in [2.45, 2.75) is 59.9 Å². The first kappa shape index (κ1) is 15.2. The van der Waals surface area contributed by atoms with Gasteiger partial charge in [0.25, 0.3) is 0 Å². The van der Waals surface area contributed by atoms with Gasteiger partial charge in [-0.25, -0.2) is 0 Å². The van der Waals surface area contributed by atoms with Gasteiger partial charge in [-0.1, -0.05) is 52.8 Å². The molecule has 1 aromatic carbocycles. The molecule has 1 aromatic rings. The third kappa shape index (κ3) is 3.84. The molecule has 1 unspecified atom stereocenters. The smallest absolute Gasteiger partial charge is 0.0346 e. The van der Waals surface area contributed by atoms with Crippen LogP contribution in [0.3, 0.4) is 0 Å². The highest BCUT2D eigenvalue weighted by Crippen LogP contribution is 2.26. The molecule has 1 heteroatoms. The van der Waals surface area contributed by atoms with Gasteiger partial charge >= 0.3 is 0 Å². The van der Waals surface area contributed by atoms with Crippen LogP contribution in [0.1, 0.15) is 63.8 Å². The number of nitrogens with one attached hydrogen (secondary N) is 1. The second-order valence-electron chi connectivity index (χ2n) is 5.42. The van der Waals surface area contributed by atoms with Crippen LogP contribution in [-0.4, -0.2) is 6.54 Å². The van der Waals surface area contributed by atoms with Gasteiger partial charge in [0.1, 0.15) is 0 Å². The third-order valence-electron chi connectivity index (χ3n) is 3.62. The number of hydrogen-bond acceptors (Lipinski definition) is 1. The molecule has 0 amide bonds. The lowest BCUT2D eigenvalue weighted by Gasteiger charge is -2.26. The van der Waals surface area contributed by atoms with Crippen LogP contribution < -0.4 is 5.32 Å². The summed E-state index contributed by atoms with van der Waals surface area (Å²) >= 11 is 0. The van der Waals surface area contributed by atoms with Gasteiger partial charge in [-0.15, -0.1) is 0 Å². The van der Waals surface area contributed by atoms with E-state index in [0.29, 0.717) is 12.0 Å². The Labute approximate surface area is 113 Å². The predicted octanol–water partition coefficient (Wildman–Crippen LogP) is 4.51. The normalized spacial score (nSPS) is 13.0. The summed E-state index contributed by atoms with van der Waals surface area (Å²) in [5.41, 5.74) is 4.46. The molecule has 1 atom stereocenters. The molecule has 1 nitrogen and oxygen atoms in total. The van der Waals surface area contributed by atoms with Crippen molar-refractivity contribution in [2.24, 2.45) is 5.92 Å². The SMILES string of the molecule is CCCNC(c1cc(CC)ccc1CC)C(C)C. The summed E-state index contributed by atoms with van der Waals surface area (Å²) in [4.78, 5) is 0. The molecule has 0 aliphatic carbocycles. The van der Waals surface area contributed by atoms with E-state index < -0.39 is 0 Å². The maximum absolute atomic E-state index is 3.71. The average molecular weight is 247 g/mol. The van der Waals surface area contributed by atoms with Crippen LogP contribution in [0.5, 0.6) is 0 Å². The minimum Gasteiger partial charge on any atom is -0.310 e. The monoisotopic (exact) mass is 247 g/mol. The Bertz CT molecular complexity index is 355. The lowest BCUT2D eigenvalue weighted by atomic mass is 9.89. The molecule has 1 rings (SSSR count). The molecule has 0 radical (unpaired) electrons. The van der Waals surface area contributed by atoms with Gasteiger partial charge in [0, 0.05) is 6.04 Å². The second-order valence-corrected chi connectivity index (χ2v) is 5.42. The summed E-state index contributed by atoms with van der Waals surface area (Å²) in [6.45, 7) is 12.4. The lowest BCUT2D eigenvalue weighted by Crippen LogP contribution is -2.27. The summed E-state index contributed by atoms with van der Waals surface area (Å²) in [5, 5.41) is 3.71. The molecule has 0 heterocycles. The quantitative estimate of drug-likeness (QED) is 0.747. The van der Waals surface area contributed by atoms with Crippen LogP contribution >= 0.6 is 0 Å². The molecule has 0 bridgehead atoms. The Kier molecular flexibility index (Phi) is 6.42. The van der Waals surface area contributed by atoms with Crippen LogP contribution in [-0.2, 0) is 12.8 Å². The first-order valence-electron chi connectivity index (χ1n) is 7.49. The molecule has 1 N–H and O–H groups in total. The van der Waals surface area contributed by atoms with Crippen molar-refractivity contribution in [3.8, 4) is 0 Å². The molecule has 0 fully saturated rings. The summed E-state index contributed by atoms with van der Waals surface area (Å²) in [7, 11) is 0. The number of rotatable bonds is 7. The van der Waals surface area contributed by atoms with Gasteiger partial charge in [0.05, 0.1) is 0 Å². The Hall–Kier alpha value is -0.820. The molecule has 0 aliphatic heterocycles. The van der Waals surface area contributed by atoms with Crippen molar-refractivity contribution in [3.63, 3.8) is 0 Å². The van der Waals surface area contributed by atoms with Crippen molar-refractivity contribution in [2.75, 3.05) is 6.54 Å². The van der Waals surface area contributed by atoms with Gasteiger partial charge in [0.2, 0.25) is 0 Å². The van der Waals surface area contributed by atoms with Gasteiger partial charge in [-0.2, -0.15) is 0 Å². The maximum Gasteiger partial charge on any atom is 0.0346 e. The summed E-state index contributed by atoms with van der Waals surface area (Å²) < 4.78 is 0. The molecular weight excluding hydrogens is 218 g/mol. The Morgan fingerprint density at radius 3 is 2.28 bits per heavy atom. The number of aryl methyl sites for hydroxylation is 2. The van der Waals surface area contributed by atoms with Crippen LogP contribution in [0.4, 0.5) is 0 Å². The first-order valence-corrected chi connectivity index (χ1v) is 7.49. The fourth-order valence-electron chi connectivity index (χ4n) is 2.48. The summed E-state index contributed by atoms with van der Waals surface area (Å²) in [6, 6.07) is 7.49. The summed E-state index contributed by atoms with van der Waals surface area (Å²) in [6.07, 6.45) is 3.43. The van der Waals surface area contributed by atoms with Gasteiger partial charge in [-0.05, 0) is 48.4 Å². The minimum atomic E-state index is 0.492. The Balaban J connectivity index is 3.07. The highest BCUT2D eigenvalue weighted by atomic mass is 14.9. The number of benzene rings is 1. The van der Waals surface area contributed by atoms with Crippen molar-refractivity contribution < 1.29 is 0 Å². The van der Waals surface area contributed by atoms with Gasteiger partial charge in [0.15, 0.2) is 0 Å². The van der Waals surface area contributed by atoms with Crippen LogP contribution in [0.25, 0.3) is 0 Å². The van der Waals surface area contributed by atoms with Crippen LogP contribution in [0, 0.1) is 5.92 Å². The molecule has 0 saturated carbocycles. The van der Waals surface area contributed by atoms with E-state index in [1.54, 1.807) is 0 Å².